The van der Waals surface area contributed by atoms with E-state index >= 15 is 0 Å². The van der Waals surface area contributed by atoms with Crippen molar-refractivity contribution in [3.05, 3.63) is 50.4 Å². The largest absolute Gasteiger partial charge is 0.504 e. The van der Waals surface area contributed by atoms with Gasteiger partial charge in [0.2, 0.25) is 13.6 Å². The Bertz CT molecular complexity index is 1200. The zero-order chi connectivity index (χ0) is 30.5. The highest BCUT2D eigenvalue weighted by Crippen LogP contribution is 2.53. The van der Waals surface area contributed by atoms with E-state index in [9.17, 15) is 19.3 Å². The fraction of sp³-hybridized carbons (Fsp3) is 0.500. The smallest absolute Gasteiger partial charge is 0.340 e. The molecular formula is C28H37Br2O9P. The quantitative estimate of drug-likeness (QED) is 0.139. The first-order chi connectivity index (χ1) is 18.3. The number of phenolic OH excluding ortho intramolecular Hbond substituents is 1. The molecule has 0 aromatic heterocycles. The fourth-order valence-corrected chi connectivity index (χ4v) is 5.75. The highest BCUT2D eigenvalue weighted by Gasteiger charge is 2.31. The van der Waals surface area contributed by atoms with Gasteiger partial charge in [-0.15, -0.1) is 0 Å². The SMILES string of the molecule is CC(C)c1ccc(Oc2c(Br)cc(CP(=O)(OCOC(=O)C(C)(C)C)OCOC(=O)C(C)(C)C)cc2Br)c(O)c1. The number of hydrogen-bond acceptors (Lipinski definition) is 9. The Balaban J connectivity index is 2.25. The average molecular weight is 708 g/mol. The van der Waals surface area contributed by atoms with Gasteiger partial charge in [0.1, 0.15) is 0 Å². The van der Waals surface area contributed by atoms with Crippen LogP contribution in [0.3, 0.4) is 0 Å². The van der Waals surface area contributed by atoms with E-state index in [1.165, 1.54) is 0 Å². The molecule has 12 heteroatoms. The van der Waals surface area contributed by atoms with Gasteiger partial charge in [-0.3, -0.25) is 23.2 Å². The number of phenols is 1. The van der Waals surface area contributed by atoms with Crippen molar-refractivity contribution in [2.75, 3.05) is 13.6 Å². The molecular weight excluding hydrogens is 671 g/mol. The summed E-state index contributed by atoms with van der Waals surface area (Å²) in [4.78, 5) is 24.3. The van der Waals surface area contributed by atoms with Gasteiger partial charge < -0.3 is 19.3 Å². The number of carbonyl (C=O) groups is 2. The summed E-state index contributed by atoms with van der Waals surface area (Å²) in [6, 6.07) is 8.52. The van der Waals surface area contributed by atoms with Gasteiger partial charge in [-0.05, 0) is 115 Å². The summed E-state index contributed by atoms with van der Waals surface area (Å²) < 4.78 is 41.6. The topological polar surface area (TPSA) is 118 Å². The third-order valence-electron chi connectivity index (χ3n) is 5.40. The Morgan fingerprint density at radius 1 is 0.875 bits per heavy atom. The predicted molar refractivity (Wildman–Crippen MR) is 158 cm³/mol. The number of aromatic hydroxyl groups is 1. The minimum absolute atomic E-state index is 0.00464. The van der Waals surface area contributed by atoms with Crippen molar-refractivity contribution in [3.63, 3.8) is 0 Å². The van der Waals surface area contributed by atoms with E-state index in [0.29, 0.717) is 20.3 Å². The van der Waals surface area contributed by atoms with Crippen LogP contribution in [0.1, 0.15) is 72.4 Å². The van der Waals surface area contributed by atoms with Gasteiger partial charge in [0.25, 0.3) is 0 Å². The van der Waals surface area contributed by atoms with Gasteiger partial charge in [-0.2, -0.15) is 0 Å². The van der Waals surface area contributed by atoms with Crippen LogP contribution in [0.25, 0.3) is 0 Å². The molecule has 2 aromatic rings. The Morgan fingerprint density at radius 3 is 1.75 bits per heavy atom. The lowest BCUT2D eigenvalue weighted by atomic mass is 9.98. The number of carbonyl (C=O) groups excluding carboxylic acids is 2. The van der Waals surface area contributed by atoms with Crippen LogP contribution in [0.5, 0.6) is 17.2 Å². The molecule has 1 N–H and O–H groups in total. The van der Waals surface area contributed by atoms with Crippen LogP contribution >= 0.6 is 39.5 Å². The maximum absolute atomic E-state index is 13.7. The molecule has 0 aliphatic heterocycles. The minimum atomic E-state index is -3.98. The molecule has 0 aliphatic rings. The van der Waals surface area contributed by atoms with Crippen molar-refractivity contribution < 1.29 is 42.5 Å². The number of benzene rings is 2. The first-order valence-corrected chi connectivity index (χ1v) is 15.8. The molecule has 0 amide bonds. The molecule has 2 aromatic carbocycles. The fourth-order valence-electron chi connectivity index (χ4n) is 3.00. The van der Waals surface area contributed by atoms with Crippen LogP contribution in [0.2, 0.25) is 0 Å². The van der Waals surface area contributed by atoms with E-state index in [-0.39, 0.29) is 23.6 Å². The van der Waals surface area contributed by atoms with Gasteiger partial charge >= 0.3 is 19.5 Å². The van der Waals surface area contributed by atoms with Crippen molar-refractivity contribution in [2.45, 2.75) is 67.5 Å². The van der Waals surface area contributed by atoms with Gasteiger partial charge in [0, 0.05) is 0 Å². The van der Waals surface area contributed by atoms with Crippen molar-refractivity contribution in [1.29, 1.82) is 0 Å². The third kappa shape index (κ3) is 10.2. The van der Waals surface area contributed by atoms with Crippen molar-refractivity contribution >= 4 is 51.4 Å². The van der Waals surface area contributed by atoms with Gasteiger partial charge in [-0.1, -0.05) is 19.9 Å². The molecule has 222 valence electrons. The van der Waals surface area contributed by atoms with Crippen molar-refractivity contribution in [3.8, 4) is 17.2 Å². The van der Waals surface area contributed by atoms with Gasteiger partial charge in [0.15, 0.2) is 17.2 Å². The maximum Gasteiger partial charge on any atom is 0.340 e. The molecule has 0 spiro atoms. The van der Waals surface area contributed by atoms with Crippen LogP contribution in [-0.4, -0.2) is 30.6 Å². The van der Waals surface area contributed by atoms with Gasteiger partial charge in [-0.25, -0.2) is 0 Å². The van der Waals surface area contributed by atoms with E-state index in [1.54, 1.807) is 65.8 Å². The van der Waals surface area contributed by atoms with Gasteiger partial charge in [0.05, 0.1) is 25.9 Å². The zero-order valence-corrected chi connectivity index (χ0v) is 28.1. The van der Waals surface area contributed by atoms with E-state index in [4.69, 9.17) is 23.3 Å². The molecule has 0 heterocycles. The Kier molecular flexibility index (Phi) is 11.9. The molecule has 0 fully saturated rings. The molecule has 2 rings (SSSR count). The molecule has 0 saturated heterocycles. The number of halogens is 2. The molecule has 0 saturated carbocycles. The minimum Gasteiger partial charge on any atom is -0.504 e. The highest BCUT2D eigenvalue weighted by atomic mass is 79.9. The summed E-state index contributed by atoms with van der Waals surface area (Å²) in [5.74, 6) is -0.213. The number of esters is 2. The van der Waals surface area contributed by atoms with E-state index in [0.717, 1.165) is 5.56 Å². The summed E-state index contributed by atoms with van der Waals surface area (Å²) in [7, 11) is -3.98. The van der Waals surface area contributed by atoms with E-state index in [2.05, 4.69) is 31.9 Å². The molecule has 9 nitrogen and oxygen atoms in total. The van der Waals surface area contributed by atoms with E-state index in [1.807, 2.05) is 19.9 Å². The predicted octanol–water partition coefficient (Wildman–Crippen LogP) is 8.65. The number of rotatable bonds is 11. The Labute approximate surface area is 252 Å². The highest BCUT2D eigenvalue weighted by molar-refractivity contribution is 9.11. The molecule has 40 heavy (non-hydrogen) atoms. The average Bonchev–Trinajstić information content (AvgIpc) is 2.80. The molecule has 0 radical (unpaired) electrons. The summed E-state index contributed by atoms with van der Waals surface area (Å²) in [6.45, 7) is 12.9. The van der Waals surface area contributed by atoms with E-state index < -0.39 is 44.0 Å². The molecule has 0 bridgehead atoms. The second kappa shape index (κ2) is 13.8. The lowest BCUT2D eigenvalue weighted by Gasteiger charge is -2.22. The summed E-state index contributed by atoms with van der Waals surface area (Å²) in [6.07, 6.45) is -0.237. The van der Waals surface area contributed by atoms with Crippen LogP contribution in [0, 0.1) is 10.8 Å². The maximum atomic E-state index is 13.7. The lowest BCUT2D eigenvalue weighted by molar-refractivity contribution is -0.162. The number of ether oxygens (including phenoxy) is 3. The van der Waals surface area contributed by atoms with Crippen molar-refractivity contribution in [2.24, 2.45) is 10.8 Å². The molecule has 0 unspecified atom stereocenters. The Morgan fingerprint density at radius 2 is 1.35 bits per heavy atom. The summed E-state index contributed by atoms with van der Waals surface area (Å²) in [5, 5.41) is 10.4. The van der Waals surface area contributed by atoms with Crippen LogP contribution in [-0.2, 0) is 38.8 Å². The second-order valence-electron chi connectivity index (χ2n) is 11.5. The van der Waals surface area contributed by atoms with Crippen LogP contribution in [0.15, 0.2) is 39.3 Å². The summed E-state index contributed by atoms with van der Waals surface area (Å²) >= 11 is 6.93. The van der Waals surface area contributed by atoms with Crippen molar-refractivity contribution in [1.82, 2.24) is 0 Å². The third-order valence-corrected chi connectivity index (χ3v) is 8.33. The zero-order valence-electron chi connectivity index (χ0n) is 24.0. The lowest BCUT2D eigenvalue weighted by Crippen LogP contribution is -2.24. The monoisotopic (exact) mass is 706 g/mol. The Hall–Kier alpha value is -1.91. The molecule has 0 atom stereocenters. The number of hydrogen-bond donors (Lipinski definition) is 1. The normalized spacial score (nSPS) is 12.4. The summed E-state index contributed by atoms with van der Waals surface area (Å²) in [5.41, 5.74) is -0.0922. The standard InChI is InChI=1S/C28H37Br2O9P/c1-17(2)19-9-10-23(22(31)13-19)39-24-20(29)11-18(12-21(24)30)14-40(34,37-15-35-25(32)27(3,4)5)38-16-36-26(33)28(6,7)8/h9-13,17,31H,14-16H2,1-8H3. The first kappa shape index (κ1) is 34.3. The molecule has 0 aliphatic carbocycles. The first-order valence-electron chi connectivity index (χ1n) is 12.5. The second-order valence-corrected chi connectivity index (χ2v) is 15.3. The van der Waals surface area contributed by atoms with Crippen LogP contribution in [0.4, 0.5) is 0 Å². The van der Waals surface area contributed by atoms with Crippen LogP contribution < -0.4 is 4.74 Å².